The fourth-order valence-corrected chi connectivity index (χ4v) is 5.31. The zero-order chi connectivity index (χ0) is 18.7. The molecular weight excluding hydrogens is 358 g/mol. The van der Waals surface area contributed by atoms with Crippen molar-refractivity contribution in [3.05, 3.63) is 60.2 Å². The van der Waals surface area contributed by atoms with Crippen LogP contribution in [0.1, 0.15) is 24.8 Å². The molecule has 1 aromatic heterocycles. The second-order valence-corrected chi connectivity index (χ2v) is 9.07. The molecular formula is C21H25N3O2S. The summed E-state index contributed by atoms with van der Waals surface area (Å²) in [5.41, 5.74) is 2.41. The molecule has 2 heterocycles. The maximum absolute atomic E-state index is 13.1. The number of piperidine rings is 1. The highest BCUT2D eigenvalue weighted by molar-refractivity contribution is 7.90. The number of rotatable bonds is 6. The molecule has 0 aliphatic carbocycles. The topological polar surface area (TPSA) is 55.2 Å². The summed E-state index contributed by atoms with van der Waals surface area (Å²) in [6.07, 6.45) is 3.74. The lowest BCUT2D eigenvalue weighted by atomic mass is 10.1. The van der Waals surface area contributed by atoms with Crippen LogP contribution in [0.2, 0.25) is 0 Å². The minimum Gasteiger partial charge on any atom is -0.313 e. The molecule has 5 nitrogen and oxygen atoms in total. The lowest BCUT2D eigenvalue weighted by molar-refractivity contribution is 0.219. The van der Waals surface area contributed by atoms with Gasteiger partial charge in [-0.05, 0) is 43.6 Å². The van der Waals surface area contributed by atoms with Gasteiger partial charge in [0.25, 0.3) is 0 Å². The predicted octanol–water partition coefficient (Wildman–Crippen LogP) is 3.50. The van der Waals surface area contributed by atoms with Crippen molar-refractivity contribution >= 4 is 20.9 Å². The third-order valence-electron chi connectivity index (χ3n) is 5.19. The van der Waals surface area contributed by atoms with E-state index in [9.17, 15) is 8.42 Å². The van der Waals surface area contributed by atoms with Crippen molar-refractivity contribution in [2.45, 2.75) is 36.7 Å². The van der Waals surface area contributed by atoms with E-state index in [1.165, 1.54) is 19.3 Å². The Balaban J connectivity index is 1.66. The Bertz CT molecular complexity index is 1010. The van der Waals surface area contributed by atoms with E-state index in [2.05, 4.69) is 9.88 Å². The minimum atomic E-state index is -3.53. The van der Waals surface area contributed by atoms with Crippen LogP contribution in [-0.2, 0) is 22.1 Å². The second-order valence-electron chi connectivity index (χ2n) is 7.18. The van der Waals surface area contributed by atoms with Crippen molar-refractivity contribution in [2.24, 2.45) is 0 Å². The van der Waals surface area contributed by atoms with Gasteiger partial charge in [-0.15, -0.1) is 0 Å². The predicted molar refractivity (Wildman–Crippen MR) is 107 cm³/mol. The monoisotopic (exact) mass is 383 g/mol. The van der Waals surface area contributed by atoms with Crippen LogP contribution >= 0.6 is 0 Å². The van der Waals surface area contributed by atoms with Crippen molar-refractivity contribution in [2.75, 3.05) is 19.6 Å². The summed E-state index contributed by atoms with van der Waals surface area (Å²) < 4.78 is 28.2. The zero-order valence-corrected chi connectivity index (χ0v) is 16.2. The molecule has 0 amide bonds. The first-order chi connectivity index (χ1) is 13.1. The summed E-state index contributed by atoms with van der Waals surface area (Å²) in [5.74, 6) is -0.0269. The van der Waals surface area contributed by atoms with Crippen molar-refractivity contribution in [1.82, 2.24) is 14.5 Å². The van der Waals surface area contributed by atoms with E-state index < -0.39 is 9.84 Å². The Morgan fingerprint density at radius 3 is 2.33 bits per heavy atom. The summed E-state index contributed by atoms with van der Waals surface area (Å²) in [6, 6.07) is 17.0. The normalized spacial score (nSPS) is 16.0. The molecule has 1 aliphatic heterocycles. The summed E-state index contributed by atoms with van der Waals surface area (Å²) in [7, 11) is -3.53. The molecule has 2 aromatic carbocycles. The Morgan fingerprint density at radius 2 is 1.56 bits per heavy atom. The van der Waals surface area contributed by atoms with Gasteiger partial charge in [-0.25, -0.2) is 13.4 Å². The number of fused-ring (bicyclic) bond motifs is 1. The van der Waals surface area contributed by atoms with Crippen molar-refractivity contribution in [3.8, 4) is 0 Å². The van der Waals surface area contributed by atoms with E-state index in [1.54, 1.807) is 0 Å². The summed E-state index contributed by atoms with van der Waals surface area (Å²) in [4.78, 5) is 6.92. The number of nitrogens with zero attached hydrogens (tertiary/aromatic N) is 3. The number of benzene rings is 2. The molecule has 0 atom stereocenters. The number of aromatic nitrogens is 2. The molecule has 0 radical (unpaired) electrons. The number of hydrogen-bond acceptors (Lipinski definition) is 4. The third kappa shape index (κ3) is 4.06. The van der Waals surface area contributed by atoms with E-state index in [0.717, 1.165) is 36.2 Å². The molecule has 0 saturated carbocycles. The molecule has 1 fully saturated rings. The summed E-state index contributed by atoms with van der Waals surface area (Å²) in [5, 5.41) is 0.185. The first-order valence-electron chi connectivity index (χ1n) is 9.58. The average Bonchev–Trinajstić information content (AvgIpc) is 3.07. The zero-order valence-electron chi connectivity index (χ0n) is 15.4. The van der Waals surface area contributed by atoms with E-state index in [0.29, 0.717) is 6.54 Å². The number of sulfone groups is 1. The Morgan fingerprint density at radius 1 is 0.852 bits per heavy atom. The summed E-state index contributed by atoms with van der Waals surface area (Å²) in [6.45, 7) is 3.69. The third-order valence-corrected chi connectivity index (χ3v) is 6.77. The number of imidazole rings is 1. The van der Waals surface area contributed by atoms with E-state index >= 15 is 0 Å². The maximum Gasteiger partial charge on any atom is 0.229 e. The second kappa shape index (κ2) is 7.82. The average molecular weight is 384 g/mol. The molecule has 1 saturated heterocycles. The number of hydrogen-bond donors (Lipinski definition) is 0. The van der Waals surface area contributed by atoms with E-state index in [-0.39, 0.29) is 10.9 Å². The van der Waals surface area contributed by atoms with Crippen LogP contribution in [0, 0.1) is 0 Å². The van der Waals surface area contributed by atoms with Crippen molar-refractivity contribution < 1.29 is 8.42 Å². The van der Waals surface area contributed by atoms with Gasteiger partial charge in [0.15, 0.2) is 0 Å². The molecule has 1 aliphatic rings. The van der Waals surface area contributed by atoms with Crippen molar-refractivity contribution in [3.63, 3.8) is 0 Å². The van der Waals surface area contributed by atoms with Crippen LogP contribution in [0.3, 0.4) is 0 Å². The molecule has 142 valence electrons. The van der Waals surface area contributed by atoms with Gasteiger partial charge in [-0.3, -0.25) is 0 Å². The molecule has 4 rings (SSSR count). The molecule has 0 N–H and O–H groups in total. The van der Waals surface area contributed by atoms with Gasteiger partial charge in [-0.1, -0.05) is 48.9 Å². The first kappa shape index (κ1) is 18.2. The first-order valence-corrected chi connectivity index (χ1v) is 11.2. The van der Waals surface area contributed by atoms with Crippen LogP contribution in [0.5, 0.6) is 0 Å². The standard InChI is InChI=1S/C21H25N3O2S/c25-27(26,17-18-9-3-1-4-10-18)21-22-19-11-5-6-12-20(19)24(21)16-15-23-13-7-2-8-14-23/h1,3-6,9-12H,2,7-8,13-17H2. The highest BCUT2D eigenvalue weighted by atomic mass is 32.2. The van der Waals surface area contributed by atoms with Crippen LogP contribution in [-0.4, -0.2) is 42.5 Å². The Kier molecular flexibility index (Phi) is 5.27. The fraction of sp³-hybridized carbons (Fsp3) is 0.381. The SMILES string of the molecule is O=S(=O)(Cc1ccccc1)c1nc2ccccc2n1CCN1CCCCC1. The van der Waals surface area contributed by atoms with Gasteiger partial charge < -0.3 is 9.47 Å². The number of para-hydroxylation sites is 2. The number of likely N-dealkylation sites (tertiary alicyclic amines) is 1. The molecule has 0 unspecified atom stereocenters. The summed E-state index contributed by atoms with van der Waals surface area (Å²) >= 11 is 0. The van der Waals surface area contributed by atoms with E-state index in [1.807, 2.05) is 59.2 Å². The van der Waals surface area contributed by atoms with Gasteiger partial charge in [-0.2, -0.15) is 0 Å². The Labute approximate surface area is 160 Å². The van der Waals surface area contributed by atoms with Crippen LogP contribution in [0.4, 0.5) is 0 Å². The largest absolute Gasteiger partial charge is 0.313 e. The van der Waals surface area contributed by atoms with Crippen LogP contribution in [0.25, 0.3) is 11.0 Å². The highest BCUT2D eigenvalue weighted by Crippen LogP contribution is 2.23. The lowest BCUT2D eigenvalue weighted by Crippen LogP contribution is -2.33. The molecule has 6 heteroatoms. The van der Waals surface area contributed by atoms with Gasteiger partial charge in [0.05, 0.1) is 16.8 Å². The van der Waals surface area contributed by atoms with Gasteiger partial charge in [0, 0.05) is 13.1 Å². The minimum absolute atomic E-state index is 0.0269. The van der Waals surface area contributed by atoms with E-state index in [4.69, 9.17) is 0 Å². The van der Waals surface area contributed by atoms with Gasteiger partial charge in [0.2, 0.25) is 15.0 Å². The molecule has 0 spiro atoms. The Hall–Kier alpha value is -2.18. The quantitative estimate of drug-likeness (QED) is 0.654. The van der Waals surface area contributed by atoms with Crippen molar-refractivity contribution in [1.29, 1.82) is 0 Å². The van der Waals surface area contributed by atoms with Crippen LogP contribution < -0.4 is 0 Å². The van der Waals surface area contributed by atoms with Gasteiger partial charge in [0.1, 0.15) is 0 Å². The molecule has 0 bridgehead atoms. The fourth-order valence-electron chi connectivity index (χ4n) is 3.79. The lowest BCUT2D eigenvalue weighted by Gasteiger charge is -2.26. The van der Waals surface area contributed by atoms with Gasteiger partial charge >= 0.3 is 0 Å². The smallest absolute Gasteiger partial charge is 0.229 e. The maximum atomic E-state index is 13.1. The molecule has 27 heavy (non-hydrogen) atoms. The molecule has 3 aromatic rings. The van der Waals surface area contributed by atoms with Crippen LogP contribution in [0.15, 0.2) is 59.8 Å². The highest BCUT2D eigenvalue weighted by Gasteiger charge is 2.24.